The van der Waals surface area contributed by atoms with Crippen molar-refractivity contribution in [3.8, 4) is 0 Å². The number of carboxylic acid groups (broad SMARTS) is 1. The van der Waals surface area contributed by atoms with E-state index < -0.39 is 5.97 Å². The van der Waals surface area contributed by atoms with Crippen molar-refractivity contribution in [2.24, 2.45) is 0 Å². The first kappa shape index (κ1) is 12.8. The minimum absolute atomic E-state index is 0.0394. The average Bonchev–Trinajstić information content (AvgIpc) is 2.34. The molecule has 0 amide bonds. The zero-order valence-corrected chi connectivity index (χ0v) is 10.6. The molecule has 18 heavy (non-hydrogen) atoms. The lowest BCUT2D eigenvalue weighted by Gasteiger charge is -2.39. The summed E-state index contributed by atoms with van der Waals surface area (Å²) in [7, 11) is 0. The van der Waals surface area contributed by atoms with Gasteiger partial charge in [-0.3, -0.25) is 0 Å². The summed E-state index contributed by atoms with van der Waals surface area (Å²) in [4.78, 5) is 19.0. The molecule has 0 saturated carbocycles. The zero-order chi connectivity index (χ0) is 13.1. The van der Waals surface area contributed by atoms with E-state index in [2.05, 4.69) is 34.3 Å². The van der Waals surface area contributed by atoms with E-state index in [1.807, 2.05) is 0 Å². The Morgan fingerprint density at radius 1 is 1.33 bits per heavy atom. The minimum atomic E-state index is -1.07. The molecule has 98 valence electrons. The lowest BCUT2D eigenvalue weighted by molar-refractivity contribution is 0.0689. The molecule has 1 fully saturated rings. The average molecular weight is 250 g/mol. The number of hydrogen-bond acceptors (Lipinski definition) is 5. The molecular weight excluding hydrogens is 232 g/mol. The molecule has 0 aromatic carbocycles. The number of aromatic carboxylic acids is 1. The van der Waals surface area contributed by atoms with Gasteiger partial charge in [0.1, 0.15) is 0 Å². The summed E-state index contributed by atoms with van der Waals surface area (Å²) < 4.78 is 0. The van der Waals surface area contributed by atoms with Gasteiger partial charge in [0.05, 0.1) is 0 Å². The maximum atomic E-state index is 11.1. The molecule has 6 heteroatoms. The topological polar surface area (TPSA) is 78.3 Å². The van der Waals surface area contributed by atoms with Crippen molar-refractivity contribution in [2.75, 3.05) is 5.43 Å². The summed E-state index contributed by atoms with van der Waals surface area (Å²) in [6.45, 7) is 4.25. The van der Waals surface area contributed by atoms with Crippen LogP contribution in [0.5, 0.6) is 0 Å². The molecule has 2 heterocycles. The number of nitrogens with one attached hydrogen (secondary N) is 1. The monoisotopic (exact) mass is 250 g/mol. The highest BCUT2D eigenvalue weighted by atomic mass is 16.4. The number of carboxylic acids is 1. The predicted molar refractivity (Wildman–Crippen MR) is 67.2 cm³/mol. The fraction of sp³-hybridized carbons (Fsp3) is 0.583. The van der Waals surface area contributed by atoms with Crippen LogP contribution in [-0.2, 0) is 0 Å². The number of hydrogen-bond donors (Lipinski definition) is 2. The van der Waals surface area contributed by atoms with Crippen LogP contribution < -0.4 is 5.43 Å². The van der Waals surface area contributed by atoms with E-state index in [0.29, 0.717) is 17.9 Å². The van der Waals surface area contributed by atoms with E-state index >= 15 is 0 Å². The number of hydrazine groups is 1. The molecule has 2 rings (SSSR count). The first-order valence-electron chi connectivity index (χ1n) is 6.19. The molecule has 6 nitrogen and oxygen atoms in total. The smallest absolute Gasteiger partial charge is 0.358 e. The molecule has 1 aromatic heterocycles. The standard InChI is InChI=1S/C12H18N4O2/c1-8-4-3-5-9(2)16(8)15-11-10(12(17)18)13-6-7-14-11/h6-9H,3-5H2,1-2H3,(H,14,15)(H,17,18). The van der Waals surface area contributed by atoms with Gasteiger partial charge in [0.2, 0.25) is 0 Å². The van der Waals surface area contributed by atoms with Crippen LogP contribution in [0.25, 0.3) is 0 Å². The predicted octanol–water partition coefficient (Wildman–Crippen LogP) is 1.76. The van der Waals surface area contributed by atoms with Crippen LogP contribution in [-0.4, -0.2) is 38.1 Å². The van der Waals surface area contributed by atoms with Crippen LogP contribution in [0.3, 0.4) is 0 Å². The van der Waals surface area contributed by atoms with Gasteiger partial charge in [-0.05, 0) is 26.7 Å². The van der Waals surface area contributed by atoms with Crippen LogP contribution in [0.1, 0.15) is 43.6 Å². The molecule has 1 aromatic rings. The Hall–Kier alpha value is -1.69. The molecule has 0 aliphatic carbocycles. The van der Waals surface area contributed by atoms with Crippen molar-refractivity contribution in [1.82, 2.24) is 15.0 Å². The maximum Gasteiger partial charge on any atom is 0.358 e. The third-order valence-corrected chi connectivity index (χ3v) is 3.33. The van der Waals surface area contributed by atoms with E-state index in [4.69, 9.17) is 5.11 Å². The highest BCUT2D eigenvalue weighted by Crippen LogP contribution is 2.23. The highest BCUT2D eigenvalue weighted by Gasteiger charge is 2.26. The molecule has 2 atom stereocenters. The number of nitrogens with zero attached hydrogens (tertiary/aromatic N) is 3. The van der Waals surface area contributed by atoms with Crippen molar-refractivity contribution >= 4 is 11.8 Å². The summed E-state index contributed by atoms with van der Waals surface area (Å²) in [6.07, 6.45) is 6.28. The van der Waals surface area contributed by atoms with Crippen LogP contribution in [0.15, 0.2) is 12.4 Å². The Bertz CT molecular complexity index is 428. The molecule has 2 N–H and O–H groups in total. The number of anilines is 1. The van der Waals surface area contributed by atoms with Gasteiger partial charge in [-0.2, -0.15) is 0 Å². The van der Waals surface area contributed by atoms with Crippen LogP contribution in [0.2, 0.25) is 0 Å². The molecule has 1 saturated heterocycles. The van der Waals surface area contributed by atoms with Gasteiger partial charge in [0, 0.05) is 24.5 Å². The lowest BCUT2D eigenvalue weighted by Crippen LogP contribution is -2.47. The second kappa shape index (κ2) is 5.30. The Morgan fingerprint density at radius 3 is 2.56 bits per heavy atom. The Morgan fingerprint density at radius 2 is 1.94 bits per heavy atom. The number of aromatic nitrogens is 2. The van der Waals surface area contributed by atoms with Gasteiger partial charge < -0.3 is 10.5 Å². The van der Waals surface area contributed by atoms with Crippen LogP contribution in [0.4, 0.5) is 5.82 Å². The van der Waals surface area contributed by atoms with Crippen molar-refractivity contribution in [3.05, 3.63) is 18.1 Å². The molecular formula is C12H18N4O2. The van der Waals surface area contributed by atoms with Gasteiger partial charge in [0.25, 0.3) is 0 Å². The Balaban J connectivity index is 2.20. The largest absolute Gasteiger partial charge is 0.476 e. The first-order chi connectivity index (χ1) is 8.59. The van der Waals surface area contributed by atoms with Crippen molar-refractivity contribution < 1.29 is 9.90 Å². The van der Waals surface area contributed by atoms with Crippen LogP contribution in [0, 0.1) is 0 Å². The molecule has 0 bridgehead atoms. The summed E-state index contributed by atoms with van der Waals surface area (Å²) in [5.74, 6) is -0.756. The van der Waals surface area contributed by atoms with E-state index in [1.165, 1.54) is 18.8 Å². The number of rotatable bonds is 3. The van der Waals surface area contributed by atoms with E-state index in [0.717, 1.165) is 12.8 Å². The normalized spacial score (nSPS) is 24.8. The highest BCUT2D eigenvalue weighted by molar-refractivity contribution is 5.90. The zero-order valence-electron chi connectivity index (χ0n) is 10.6. The van der Waals surface area contributed by atoms with E-state index in [1.54, 1.807) is 0 Å². The summed E-state index contributed by atoms with van der Waals surface area (Å²) in [6, 6.07) is 0.717. The second-order valence-electron chi connectivity index (χ2n) is 4.71. The van der Waals surface area contributed by atoms with E-state index in [9.17, 15) is 4.79 Å². The third kappa shape index (κ3) is 2.59. The molecule has 0 radical (unpaired) electrons. The first-order valence-corrected chi connectivity index (χ1v) is 6.19. The van der Waals surface area contributed by atoms with E-state index in [-0.39, 0.29) is 5.69 Å². The fourth-order valence-corrected chi connectivity index (χ4v) is 2.34. The van der Waals surface area contributed by atoms with Crippen LogP contribution >= 0.6 is 0 Å². The lowest BCUT2D eigenvalue weighted by atomic mass is 10.00. The minimum Gasteiger partial charge on any atom is -0.476 e. The van der Waals surface area contributed by atoms with Gasteiger partial charge in [-0.1, -0.05) is 6.42 Å². The summed E-state index contributed by atoms with van der Waals surface area (Å²) in [5, 5.41) is 11.1. The molecule has 1 aliphatic rings. The van der Waals surface area contributed by atoms with Crippen molar-refractivity contribution in [2.45, 2.75) is 45.2 Å². The van der Waals surface area contributed by atoms with Gasteiger partial charge in [0.15, 0.2) is 11.5 Å². The fourth-order valence-electron chi connectivity index (χ4n) is 2.34. The molecule has 2 unspecified atom stereocenters. The SMILES string of the molecule is CC1CCCC(C)N1Nc1nccnc1C(=O)O. The maximum absolute atomic E-state index is 11.1. The van der Waals surface area contributed by atoms with Gasteiger partial charge in [-0.15, -0.1) is 0 Å². The number of carbonyl (C=O) groups is 1. The summed E-state index contributed by atoms with van der Waals surface area (Å²) >= 11 is 0. The van der Waals surface area contributed by atoms with Crippen molar-refractivity contribution in [1.29, 1.82) is 0 Å². The van der Waals surface area contributed by atoms with Gasteiger partial charge >= 0.3 is 5.97 Å². The Labute approximate surface area is 106 Å². The van der Waals surface area contributed by atoms with Crippen molar-refractivity contribution in [3.63, 3.8) is 0 Å². The van der Waals surface area contributed by atoms with Gasteiger partial charge in [-0.25, -0.2) is 19.8 Å². The summed E-state index contributed by atoms with van der Waals surface area (Å²) in [5.41, 5.74) is 3.07. The number of piperidine rings is 1. The third-order valence-electron chi connectivity index (χ3n) is 3.33. The molecule has 0 spiro atoms. The Kier molecular flexibility index (Phi) is 3.76. The second-order valence-corrected chi connectivity index (χ2v) is 4.71. The quantitative estimate of drug-likeness (QED) is 0.851. The molecule has 1 aliphatic heterocycles.